The van der Waals surface area contributed by atoms with Gasteiger partial charge in [-0.1, -0.05) is 12.1 Å². The summed E-state index contributed by atoms with van der Waals surface area (Å²) < 4.78 is 22.3. The third-order valence-electron chi connectivity index (χ3n) is 2.42. The highest BCUT2D eigenvalue weighted by Crippen LogP contribution is 2.08. The van der Waals surface area contributed by atoms with Crippen LogP contribution in [-0.4, -0.2) is 25.2 Å². The molecular formula is C11H14N2O2S. The molecule has 0 aromatic carbocycles. The smallest absolute Gasteiger partial charge is 0.173 e. The first-order chi connectivity index (χ1) is 7.55. The minimum Gasteiger partial charge on any atom is -0.304 e. The maximum absolute atomic E-state index is 11.2. The fraction of sp³-hybridized carbons (Fsp3) is 0.364. The number of rotatable bonds is 3. The molecular weight excluding hydrogens is 224 g/mol. The number of nitrogens with one attached hydrogen (secondary N) is 1. The molecule has 0 fully saturated rings. The molecule has 1 N–H and O–H groups in total. The maximum atomic E-state index is 11.2. The zero-order chi connectivity index (χ0) is 11.6. The maximum Gasteiger partial charge on any atom is 0.173 e. The summed E-state index contributed by atoms with van der Waals surface area (Å²) in [5, 5.41) is 4.42. The summed E-state index contributed by atoms with van der Waals surface area (Å²) in [6.07, 6.45) is 1.69. The van der Waals surface area contributed by atoms with Crippen LogP contribution in [0.1, 0.15) is 11.4 Å². The minimum absolute atomic E-state index is 0.0905. The SMILES string of the molecule is Cc1cccc(CNC2C=CS(=O)(=O)C2)n1. The van der Waals surface area contributed by atoms with Gasteiger partial charge in [-0.2, -0.15) is 0 Å². The van der Waals surface area contributed by atoms with Crippen LogP contribution in [-0.2, 0) is 16.4 Å². The molecule has 1 aliphatic rings. The predicted octanol–water partition coefficient (Wildman–Crippen LogP) is 0.790. The van der Waals surface area contributed by atoms with Crippen LogP contribution >= 0.6 is 0 Å². The van der Waals surface area contributed by atoms with Crippen molar-refractivity contribution in [3.8, 4) is 0 Å². The normalized spacial score (nSPS) is 22.4. The molecule has 0 bridgehead atoms. The van der Waals surface area contributed by atoms with Crippen LogP contribution in [0.15, 0.2) is 29.7 Å². The van der Waals surface area contributed by atoms with Crippen molar-refractivity contribution in [2.24, 2.45) is 0 Å². The lowest BCUT2D eigenvalue weighted by atomic mass is 10.3. The molecule has 0 radical (unpaired) electrons. The largest absolute Gasteiger partial charge is 0.304 e. The van der Waals surface area contributed by atoms with Crippen LogP contribution in [0.5, 0.6) is 0 Å². The second kappa shape index (κ2) is 4.35. The zero-order valence-electron chi connectivity index (χ0n) is 9.05. The van der Waals surface area contributed by atoms with E-state index in [0.29, 0.717) is 6.54 Å². The van der Waals surface area contributed by atoms with Crippen LogP contribution in [0.4, 0.5) is 0 Å². The molecule has 1 atom stereocenters. The Balaban J connectivity index is 1.92. The third-order valence-corrected chi connectivity index (χ3v) is 3.82. The van der Waals surface area contributed by atoms with Crippen LogP contribution in [0.3, 0.4) is 0 Å². The van der Waals surface area contributed by atoms with E-state index >= 15 is 0 Å². The average molecular weight is 238 g/mol. The molecule has 0 aliphatic carbocycles. The van der Waals surface area contributed by atoms with Gasteiger partial charge in [-0.3, -0.25) is 4.98 Å². The van der Waals surface area contributed by atoms with Gasteiger partial charge in [0.15, 0.2) is 9.84 Å². The lowest BCUT2D eigenvalue weighted by Gasteiger charge is -2.09. The standard InChI is InChI=1S/C11H14N2O2S/c1-9-3-2-4-10(13-9)7-12-11-5-6-16(14,15)8-11/h2-6,11-12H,7-8H2,1H3. The monoisotopic (exact) mass is 238 g/mol. The molecule has 1 unspecified atom stereocenters. The van der Waals surface area contributed by atoms with Crippen LogP contribution in [0, 0.1) is 6.92 Å². The highest BCUT2D eigenvalue weighted by molar-refractivity contribution is 7.94. The highest BCUT2D eigenvalue weighted by atomic mass is 32.2. The van der Waals surface area contributed by atoms with Gasteiger partial charge in [0.25, 0.3) is 0 Å². The molecule has 0 saturated heterocycles. The molecule has 2 heterocycles. The van der Waals surface area contributed by atoms with Crippen LogP contribution in [0.25, 0.3) is 0 Å². The van der Waals surface area contributed by atoms with Crippen molar-refractivity contribution < 1.29 is 8.42 Å². The van der Waals surface area contributed by atoms with E-state index in [4.69, 9.17) is 0 Å². The molecule has 1 aliphatic heterocycles. The van der Waals surface area contributed by atoms with Gasteiger partial charge in [0.05, 0.1) is 11.4 Å². The molecule has 0 amide bonds. The number of aryl methyl sites for hydroxylation is 1. The van der Waals surface area contributed by atoms with E-state index in [1.165, 1.54) is 5.41 Å². The molecule has 5 heteroatoms. The molecule has 2 rings (SSSR count). The Hall–Kier alpha value is -1.20. The number of hydrogen-bond donors (Lipinski definition) is 1. The van der Waals surface area contributed by atoms with E-state index in [2.05, 4.69) is 10.3 Å². The van der Waals surface area contributed by atoms with E-state index in [-0.39, 0.29) is 11.8 Å². The minimum atomic E-state index is -2.97. The third kappa shape index (κ3) is 2.90. The van der Waals surface area contributed by atoms with Gasteiger partial charge in [-0.05, 0) is 19.1 Å². The van der Waals surface area contributed by atoms with Crippen molar-refractivity contribution in [1.29, 1.82) is 0 Å². The molecule has 0 spiro atoms. The summed E-state index contributed by atoms with van der Waals surface area (Å²) >= 11 is 0. The molecule has 4 nitrogen and oxygen atoms in total. The van der Waals surface area contributed by atoms with Gasteiger partial charge in [0, 0.05) is 23.7 Å². The summed E-state index contributed by atoms with van der Waals surface area (Å²) in [4.78, 5) is 4.33. The van der Waals surface area contributed by atoms with Crippen molar-refractivity contribution in [1.82, 2.24) is 10.3 Å². The topological polar surface area (TPSA) is 59.1 Å². The van der Waals surface area contributed by atoms with Gasteiger partial charge < -0.3 is 5.32 Å². The van der Waals surface area contributed by atoms with Gasteiger partial charge in [-0.15, -0.1) is 0 Å². The summed E-state index contributed by atoms with van der Waals surface area (Å²) in [6.45, 7) is 2.52. The Morgan fingerprint density at radius 3 is 2.94 bits per heavy atom. The second-order valence-electron chi connectivity index (χ2n) is 3.92. The lowest BCUT2D eigenvalue weighted by molar-refractivity contribution is 0.588. The average Bonchev–Trinajstić information content (AvgIpc) is 2.56. The Kier molecular flexibility index (Phi) is 3.07. The van der Waals surface area contributed by atoms with Gasteiger partial charge >= 0.3 is 0 Å². The Morgan fingerprint density at radius 2 is 2.31 bits per heavy atom. The molecule has 1 aromatic heterocycles. The second-order valence-corrected chi connectivity index (χ2v) is 5.85. The molecule has 0 saturated carbocycles. The van der Waals surface area contributed by atoms with Gasteiger partial charge in [0.2, 0.25) is 0 Å². The van der Waals surface area contributed by atoms with Crippen LogP contribution < -0.4 is 5.32 Å². The fourth-order valence-corrected chi connectivity index (χ4v) is 2.91. The number of aromatic nitrogens is 1. The number of hydrogen-bond acceptors (Lipinski definition) is 4. The Bertz CT molecular complexity index is 508. The first-order valence-corrected chi connectivity index (χ1v) is 6.84. The molecule has 16 heavy (non-hydrogen) atoms. The van der Waals surface area contributed by atoms with E-state index in [9.17, 15) is 8.42 Å². The Morgan fingerprint density at radius 1 is 1.50 bits per heavy atom. The van der Waals surface area contributed by atoms with Crippen molar-refractivity contribution in [2.45, 2.75) is 19.5 Å². The number of sulfone groups is 1. The summed E-state index contributed by atoms with van der Waals surface area (Å²) in [7, 11) is -2.97. The summed E-state index contributed by atoms with van der Waals surface area (Å²) in [5.74, 6) is 0.152. The number of nitrogens with zero attached hydrogens (tertiary/aromatic N) is 1. The van der Waals surface area contributed by atoms with E-state index in [1.807, 2.05) is 25.1 Å². The predicted molar refractivity (Wildman–Crippen MR) is 62.5 cm³/mol. The highest BCUT2D eigenvalue weighted by Gasteiger charge is 2.20. The Labute approximate surface area is 95.3 Å². The van der Waals surface area contributed by atoms with Crippen molar-refractivity contribution in [3.05, 3.63) is 41.1 Å². The lowest BCUT2D eigenvalue weighted by Crippen LogP contribution is -2.29. The van der Waals surface area contributed by atoms with E-state index < -0.39 is 9.84 Å². The fourth-order valence-electron chi connectivity index (χ4n) is 1.64. The first-order valence-electron chi connectivity index (χ1n) is 5.12. The molecule has 1 aromatic rings. The van der Waals surface area contributed by atoms with E-state index in [0.717, 1.165) is 11.4 Å². The first kappa shape index (κ1) is 11.3. The van der Waals surface area contributed by atoms with Gasteiger partial charge in [-0.25, -0.2) is 8.42 Å². The summed E-state index contributed by atoms with van der Waals surface area (Å²) in [5.41, 5.74) is 1.89. The quantitative estimate of drug-likeness (QED) is 0.846. The van der Waals surface area contributed by atoms with E-state index in [1.54, 1.807) is 6.08 Å². The van der Waals surface area contributed by atoms with Crippen molar-refractivity contribution >= 4 is 9.84 Å². The van der Waals surface area contributed by atoms with Crippen LogP contribution in [0.2, 0.25) is 0 Å². The van der Waals surface area contributed by atoms with Gasteiger partial charge in [0.1, 0.15) is 0 Å². The zero-order valence-corrected chi connectivity index (χ0v) is 9.87. The number of pyridine rings is 1. The molecule has 86 valence electrons. The van der Waals surface area contributed by atoms with Crippen molar-refractivity contribution in [2.75, 3.05) is 5.75 Å². The summed E-state index contributed by atoms with van der Waals surface area (Å²) in [6, 6.07) is 5.71. The van der Waals surface area contributed by atoms with Crippen molar-refractivity contribution in [3.63, 3.8) is 0 Å².